The zero-order chi connectivity index (χ0) is 18.1. The lowest BCUT2D eigenvalue weighted by atomic mass is 10.1. The molecule has 2 amide bonds. The van der Waals surface area contributed by atoms with Crippen LogP contribution in [0.1, 0.15) is 31.1 Å². The summed E-state index contributed by atoms with van der Waals surface area (Å²) in [5.74, 6) is -1.80. The van der Waals surface area contributed by atoms with E-state index in [2.05, 4.69) is 9.97 Å². The lowest BCUT2D eigenvalue weighted by Gasteiger charge is -2.12. The molecule has 1 aromatic heterocycles. The van der Waals surface area contributed by atoms with Crippen molar-refractivity contribution in [3.8, 4) is 11.4 Å². The summed E-state index contributed by atoms with van der Waals surface area (Å²) in [4.78, 5) is 49.9. The molecule has 1 aliphatic heterocycles. The predicted octanol–water partition coefficient (Wildman–Crippen LogP) is 2.51. The summed E-state index contributed by atoms with van der Waals surface area (Å²) < 4.78 is 0. The minimum atomic E-state index is -0.890. The Balaban J connectivity index is 1.53. The molecule has 126 valence electrons. The molecule has 0 fully saturated rings. The molecule has 2 aromatic carbocycles. The van der Waals surface area contributed by atoms with E-state index < -0.39 is 17.8 Å². The van der Waals surface area contributed by atoms with Crippen molar-refractivity contribution in [1.82, 2.24) is 15.0 Å². The van der Waals surface area contributed by atoms with Gasteiger partial charge in [0.05, 0.1) is 16.7 Å². The van der Waals surface area contributed by atoms with Crippen molar-refractivity contribution in [3.05, 3.63) is 83.7 Å². The van der Waals surface area contributed by atoms with Crippen molar-refractivity contribution >= 4 is 17.8 Å². The Kier molecular flexibility index (Phi) is 3.74. The number of fused-ring (bicyclic) bond motifs is 1. The Morgan fingerprint density at radius 3 is 1.92 bits per heavy atom. The summed E-state index contributed by atoms with van der Waals surface area (Å²) in [6.45, 7) is 0. The molecule has 1 aliphatic rings. The predicted molar refractivity (Wildman–Crippen MR) is 89.8 cm³/mol. The first-order valence-corrected chi connectivity index (χ1v) is 7.73. The number of benzene rings is 2. The molecular weight excluding hydrogens is 334 g/mol. The van der Waals surface area contributed by atoms with E-state index in [0.29, 0.717) is 10.9 Å². The maximum atomic E-state index is 12.2. The van der Waals surface area contributed by atoms with E-state index in [4.69, 9.17) is 4.84 Å². The van der Waals surface area contributed by atoms with Gasteiger partial charge in [0.15, 0.2) is 5.82 Å². The van der Waals surface area contributed by atoms with Crippen molar-refractivity contribution < 1.29 is 19.2 Å². The molecule has 0 atom stereocenters. The van der Waals surface area contributed by atoms with Crippen molar-refractivity contribution in [1.29, 1.82) is 0 Å². The molecule has 0 radical (unpaired) electrons. The van der Waals surface area contributed by atoms with Crippen LogP contribution in [0, 0.1) is 0 Å². The maximum Gasteiger partial charge on any atom is 0.367 e. The lowest BCUT2D eigenvalue weighted by Crippen LogP contribution is -2.32. The van der Waals surface area contributed by atoms with Crippen LogP contribution in [0.3, 0.4) is 0 Å². The summed E-state index contributed by atoms with van der Waals surface area (Å²) in [5.41, 5.74) is 1.22. The lowest BCUT2D eigenvalue weighted by molar-refractivity contribution is -0.0585. The van der Waals surface area contributed by atoms with Crippen molar-refractivity contribution in [3.63, 3.8) is 0 Å². The van der Waals surface area contributed by atoms with Gasteiger partial charge in [-0.2, -0.15) is 0 Å². The number of rotatable bonds is 3. The van der Waals surface area contributed by atoms with Crippen molar-refractivity contribution in [2.24, 2.45) is 0 Å². The summed E-state index contributed by atoms with van der Waals surface area (Å²) in [7, 11) is 0. The average molecular weight is 345 g/mol. The van der Waals surface area contributed by atoms with Gasteiger partial charge in [0.2, 0.25) is 0 Å². The number of nitrogens with zero attached hydrogens (tertiary/aromatic N) is 3. The maximum absolute atomic E-state index is 12.2. The number of carbonyl (C=O) groups is 3. The molecule has 7 nitrogen and oxygen atoms in total. The zero-order valence-electron chi connectivity index (χ0n) is 13.3. The molecule has 2 heterocycles. The fourth-order valence-corrected chi connectivity index (χ4v) is 2.56. The van der Waals surface area contributed by atoms with Crippen molar-refractivity contribution in [2.45, 2.75) is 0 Å². The van der Waals surface area contributed by atoms with Gasteiger partial charge < -0.3 is 4.84 Å². The van der Waals surface area contributed by atoms with Crippen LogP contribution in [0.4, 0.5) is 0 Å². The van der Waals surface area contributed by atoms with E-state index in [1.54, 1.807) is 12.1 Å². The fourth-order valence-electron chi connectivity index (χ4n) is 2.56. The average Bonchev–Trinajstić information content (AvgIpc) is 2.94. The monoisotopic (exact) mass is 345 g/mol. The minimum Gasteiger partial charge on any atom is -0.324 e. The summed E-state index contributed by atoms with van der Waals surface area (Å²) in [5, 5.41) is 0.456. The fraction of sp³-hybridized carbons (Fsp3) is 0. The third kappa shape index (κ3) is 2.61. The molecule has 4 rings (SSSR count). The van der Waals surface area contributed by atoms with Crippen LogP contribution >= 0.6 is 0 Å². The van der Waals surface area contributed by atoms with Gasteiger partial charge in [-0.1, -0.05) is 47.5 Å². The molecule has 0 saturated heterocycles. The summed E-state index contributed by atoms with van der Waals surface area (Å²) in [6.07, 6.45) is 2.58. The Labute approximate surface area is 147 Å². The summed E-state index contributed by atoms with van der Waals surface area (Å²) >= 11 is 0. The van der Waals surface area contributed by atoms with Gasteiger partial charge in [-0.05, 0) is 12.1 Å². The van der Waals surface area contributed by atoms with Crippen LogP contribution in [-0.2, 0) is 4.84 Å². The van der Waals surface area contributed by atoms with Crippen LogP contribution < -0.4 is 0 Å². The first-order chi connectivity index (χ1) is 12.6. The molecule has 0 aliphatic carbocycles. The SMILES string of the molecule is O=C(ON1C(=O)c2ccccc2C1=O)c1cnc(-c2ccccc2)nc1. The normalized spacial score (nSPS) is 12.8. The van der Waals surface area contributed by atoms with Crippen LogP contribution in [0.15, 0.2) is 67.0 Å². The molecule has 7 heteroatoms. The van der Waals surface area contributed by atoms with Gasteiger partial charge in [-0.15, -0.1) is 0 Å². The second kappa shape index (κ2) is 6.21. The standard InChI is InChI=1S/C19H11N3O4/c23-17-14-8-4-5-9-15(14)18(24)22(17)26-19(25)13-10-20-16(21-11-13)12-6-2-1-3-7-12/h1-11H. The van der Waals surface area contributed by atoms with Gasteiger partial charge in [0.25, 0.3) is 11.8 Å². The second-order valence-electron chi connectivity index (χ2n) is 5.49. The van der Waals surface area contributed by atoms with Crippen LogP contribution in [-0.4, -0.2) is 32.8 Å². The molecule has 0 unspecified atom stereocenters. The van der Waals surface area contributed by atoms with Crippen LogP contribution in [0.25, 0.3) is 11.4 Å². The highest BCUT2D eigenvalue weighted by molar-refractivity contribution is 6.21. The molecular formula is C19H11N3O4. The highest BCUT2D eigenvalue weighted by atomic mass is 16.7. The van der Waals surface area contributed by atoms with E-state index in [0.717, 1.165) is 5.56 Å². The van der Waals surface area contributed by atoms with Crippen LogP contribution in [0.5, 0.6) is 0 Å². The Bertz CT molecular complexity index is 981. The van der Waals surface area contributed by atoms with Gasteiger partial charge >= 0.3 is 5.97 Å². The number of hydrogen-bond acceptors (Lipinski definition) is 6. The zero-order valence-corrected chi connectivity index (χ0v) is 13.3. The first-order valence-electron chi connectivity index (χ1n) is 7.73. The quantitative estimate of drug-likeness (QED) is 0.678. The Morgan fingerprint density at radius 2 is 1.35 bits per heavy atom. The highest BCUT2D eigenvalue weighted by Gasteiger charge is 2.38. The highest BCUT2D eigenvalue weighted by Crippen LogP contribution is 2.23. The molecule has 26 heavy (non-hydrogen) atoms. The molecule has 0 saturated carbocycles. The van der Waals surface area contributed by atoms with E-state index in [1.165, 1.54) is 24.5 Å². The third-order valence-corrected chi connectivity index (χ3v) is 3.85. The van der Waals surface area contributed by atoms with Gasteiger partial charge in [0.1, 0.15) is 0 Å². The summed E-state index contributed by atoms with van der Waals surface area (Å²) in [6, 6.07) is 15.5. The second-order valence-corrected chi connectivity index (χ2v) is 5.49. The van der Waals surface area contributed by atoms with E-state index >= 15 is 0 Å². The Hall–Kier alpha value is -3.87. The molecule has 0 bridgehead atoms. The number of carbonyl (C=O) groups excluding carboxylic acids is 3. The van der Waals surface area contributed by atoms with E-state index in [1.807, 2.05) is 30.3 Å². The molecule has 3 aromatic rings. The van der Waals surface area contributed by atoms with E-state index in [9.17, 15) is 14.4 Å². The largest absolute Gasteiger partial charge is 0.367 e. The molecule has 0 spiro atoms. The number of imide groups is 1. The number of amides is 2. The first kappa shape index (κ1) is 15.6. The van der Waals surface area contributed by atoms with Crippen molar-refractivity contribution in [2.75, 3.05) is 0 Å². The number of hydroxylamine groups is 2. The topological polar surface area (TPSA) is 89.5 Å². The van der Waals surface area contributed by atoms with E-state index in [-0.39, 0.29) is 16.7 Å². The smallest absolute Gasteiger partial charge is 0.324 e. The number of hydrogen-bond donors (Lipinski definition) is 0. The molecule has 0 N–H and O–H groups in total. The third-order valence-electron chi connectivity index (χ3n) is 3.85. The van der Waals surface area contributed by atoms with Gasteiger partial charge in [0, 0.05) is 18.0 Å². The van der Waals surface area contributed by atoms with Crippen LogP contribution in [0.2, 0.25) is 0 Å². The Morgan fingerprint density at radius 1 is 0.808 bits per heavy atom. The van der Waals surface area contributed by atoms with Gasteiger partial charge in [-0.3, -0.25) is 9.59 Å². The minimum absolute atomic E-state index is 0.0289. The number of aromatic nitrogens is 2. The van der Waals surface area contributed by atoms with Gasteiger partial charge in [-0.25, -0.2) is 14.8 Å².